The van der Waals surface area contributed by atoms with Crippen molar-refractivity contribution in [1.82, 2.24) is 4.90 Å². The summed E-state index contributed by atoms with van der Waals surface area (Å²) in [4.78, 5) is 27.8. The summed E-state index contributed by atoms with van der Waals surface area (Å²) < 4.78 is 5.36. The first-order chi connectivity index (χ1) is 13.6. The van der Waals surface area contributed by atoms with E-state index in [1.54, 1.807) is 18.4 Å². The fourth-order valence-electron chi connectivity index (χ4n) is 2.67. The van der Waals surface area contributed by atoms with Gasteiger partial charge in [0.05, 0.1) is 18.6 Å². The maximum atomic E-state index is 12.8. The molecule has 0 radical (unpaired) electrons. The highest BCUT2D eigenvalue weighted by atomic mass is 32.2. The van der Waals surface area contributed by atoms with Gasteiger partial charge in [0.15, 0.2) is 0 Å². The van der Waals surface area contributed by atoms with Crippen molar-refractivity contribution in [3.63, 3.8) is 0 Å². The number of amides is 2. The Hall–Kier alpha value is -2.99. The summed E-state index contributed by atoms with van der Waals surface area (Å²) in [7, 11) is 0. The van der Waals surface area contributed by atoms with Crippen LogP contribution >= 0.6 is 11.8 Å². The molecule has 0 bridgehead atoms. The Kier molecular flexibility index (Phi) is 6.92. The summed E-state index contributed by atoms with van der Waals surface area (Å²) in [5.41, 5.74) is 1.83. The molecule has 0 aliphatic carbocycles. The van der Waals surface area contributed by atoms with Crippen molar-refractivity contribution < 1.29 is 14.0 Å². The second-order valence-electron chi connectivity index (χ2n) is 6.30. The minimum Gasteiger partial charge on any atom is -0.467 e. The topological polar surface area (TPSA) is 62.6 Å². The van der Waals surface area contributed by atoms with Gasteiger partial charge in [0.2, 0.25) is 11.8 Å². The zero-order chi connectivity index (χ0) is 19.8. The van der Waals surface area contributed by atoms with Crippen LogP contribution in [0.2, 0.25) is 0 Å². The first-order valence-electron chi connectivity index (χ1n) is 8.95. The fraction of sp³-hybridized carbons (Fsp3) is 0.182. The van der Waals surface area contributed by atoms with Crippen LogP contribution in [0.4, 0.5) is 5.69 Å². The van der Waals surface area contributed by atoms with Gasteiger partial charge < -0.3 is 14.6 Å². The van der Waals surface area contributed by atoms with Crippen LogP contribution < -0.4 is 5.32 Å². The van der Waals surface area contributed by atoms with Gasteiger partial charge in [-0.1, -0.05) is 36.4 Å². The minimum absolute atomic E-state index is 0.0389. The van der Waals surface area contributed by atoms with Crippen molar-refractivity contribution in [1.29, 1.82) is 0 Å². The summed E-state index contributed by atoms with van der Waals surface area (Å²) in [6.07, 6.45) is 1.56. The molecule has 144 valence electrons. The molecule has 1 aromatic heterocycles. The molecule has 0 fully saturated rings. The number of rotatable bonds is 8. The summed E-state index contributed by atoms with van der Waals surface area (Å²) in [6.45, 7) is 2.23. The molecule has 5 nitrogen and oxygen atoms in total. The Balaban J connectivity index is 1.64. The molecule has 1 heterocycles. The average Bonchev–Trinajstić information content (AvgIpc) is 3.20. The molecule has 28 heavy (non-hydrogen) atoms. The first kappa shape index (κ1) is 19.8. The lowest BCUT2D eigenvalue weighted by atomic mass is 10.2. The molecule has 1 N–H and O–H groups in total. The summed E-state index contributed by atoms with van der Waals surface area (Å²) >= 11 is 1.47. The molecule has 0 aliphatic heterocycles. The van der Waals surface area contributed by atoms with Crippen LogP contribution in [0.5, 0.6) is 0 Å². The predicted octanol–water partition coefficient (Wildman–Crippen LogP) is 4.35. The number of carbonyl (C=O) groups is 2. The lowest BCUT2D eigenvalue weighted by Crippen LogP contribution is -2.38. The number of anilines is 1. The molecule has 3 rings (SSSR count). The van der Waals surface area contributed by atoms with Crippen molar-refractivity contribution in [3.8, 4) is 0 Å². The van der Waals surface area contributed by atoms with E-state index in [4.69, 9.17) is 4.42 Å². The molecular formula is C22H22N2O3S. The van der Waals surface area contributed by atoms with Gasteiger partial charge in [-0.15, -0.1) is 11.8 Å². The molecular weight excluding hydrogens is 372 g/mol. The number of nitrogens with zero attached hydrogens (tertiary/aromatic N) is 1. The molecule has 0 saturated heterocycles. The summed E-state index contributed by atoms with van der Waals surface area (Å²) in [5.74, 6) is 0.533. The van der Waals surface area contributed by atoms with E-state index in [0.717, 1.165) is 10.5 Å². The maximum Gasteiger partial charge on any atom is 0.244 e. The second kappa shape index (κ2) is 9.80. The van der Waals surface area contributed by atoms with Crippen LogP contribution in [-0.2, 0) is 16.1 Å². The minimum atomic E-state index is -0.244. The normalized spacial score (nSPS) is 10.5. The van der Waals surface area contributed by atoms with E-state index in [1.807, 2.05) is 61.5 Å². The Labute approximate surface area is 168 Å². The van der Waals surface area contributed by atoms with Gasteiger partial charge in [0.1, 0.15) is 12.3 Å². The maximum absolute atomic E-state index is 12.8. The highest BCUT2D eigenvalue weighted by molar-refractivity contribution is 8.00. The molecule has 2 aromatic carbocycles. The zero-order valence-corrected chi connectivity index (χ0v) is 16.4. The van der Waals surface area contributed by atoms with E-state index >= 15 is 0 Å². The number of aryl methyl sites for hydroxylation is 1. The monoisotopic (exact) mass is 394 g/mol. The lowest BCUT2D eigenvalue weighted by molar-refractivity contribution is -0.133. The Bertz CT molecular complexity index is 911. The second-order valence-corrected chi connectivity index (χ2v) is 7.31. The molecule has 2 amide bonds. The van der Waals surface area contributed by atoms with Crippen LogP contribution in [0.1, 0.15) is 11.3 Å². The molecule has 0 aliphatic rings. The molecule has 0 atom stereocenters. The van der Waals surface area contributed by atoms with Gasteiger partial charge in [0, 0.05) is 10.6 Å². The molecule has 3 aromatic rings. The number of benzene rings is 2. The first-order valence-corrected chi connectivity index (χ1v) is 9.94. The number of carbonyl (C=O) groups excluding carboxylic acids is 2. The predicted molar refractivity (Wildman–Crippen MR) is 111 cm³/mol. The van der Waals surface area contributed by atoms with Crippen molar-refractivity contribution >= 4 is 29.3 Å². The summed E-state index contributed by atoms with van der Waals surface area (Å²) in [6, 6.07) is 20.7. The van der Waals surface area contributed by atoms with Gasteiger partial charge >= 0.3 is 0 Å². The third kappa shape index (κ3) is 5.76. The van der Waals surface area contributed by atoms with E-state index < -0.39 is 0 Å². The van der Waals surface area contributed by atoms with Gasteiger partial charge in [0.25, 0.3) is 0 Å². The number of nitrogens with one attached hydrogen (secondary N) is 1. The smallest absolute Gasteiger partial charge is 0.244 e. The van der Waals surface area contributed by atoms with Crippen molar-refractivity contribution in [2.75, 3.05) is 17.6 Å². The largest absolute Gasteiger partial charge is 0.467 e. The highest BCUT2D eigenvalue weighted by Gasteiger charge is 2.19. The zero-order valence-electron chi connectivity index (χ0n) is 15.6. The van der Waals surface area contributed by atoms with Crippen LogP contribution in [0, 0.1) is 6.92 Å². The SMILES string of the molecule is Cc1ccccc1SCC(=O)N(CC(=O)Nc1ccccc1)Cc1ccco1. The van der Waals surface area contributed by atoms with Gasteiger partial charge in [-0.2, -0.15) is 0 Å². The lowest BCUT2D eigenvalue weighted by Gasteiger charge is -2.21. The van der Waals surface area contributed by atoms with Crippen molar-refractivity contribution in [2.45, 2.75) is 18.4 Å². The Morgan fingerprint density at radius 1 is 1.00 bits per heavy atom. The number of hydrogen-bond acceptors (Lipinski definition) is 4. The standard InChI is InChI=1S/C22H22N2O3S/c1-17-8-5-6-12-20(17)28-16-22(26)24(14-19-11-7-13-27-19)15-21(25)23-18-9-3-2-4-10-18/h2-13H,14-16H2,1H3,(H,23,25). The number of furan rings is 1. The highest BCUT2D eigenvalue weighted by Crippen LogP contribution is 2.22. The van der Waals surface area contributed by atoms with E-state index in [2.05, 4.69) is 5.32 Å². The molecule has 0 spiro atoms. The van der Waals surface area contributed by atoms with Crippen LogP contribution in [0.3, 0.4) is 0 Å². The van der Waals surface area contributed by atoms with Gasteiger partial charge in [-0.05, 0) is 42.8 Å². The quantitative estimate of drug-likeness (QED) is 0.577. The molecule has 0 unspecified atom stereocenters. The Morgan fingerprint density at radius 3 is 2.46 bits per heavy atom. The number of para-hydroxylation sites is 1. The van der Waals surface area contributed by atoms with E-state index in [9.17, 15) is 9.59 Å². The fourth-order valence-corrected chi connectivity index (χ4v) is 3.60. The van der Waals surface area contributed by atoms with Gasteiger partial charge in [-0.3, -0.25) is 9.59 Å². The van der Waals surface area contributed by atoms with Gasteiger partial charge in [-0.25, -0.2) is 0 Å². The van der Waals surface area contributed by atoms with Crippen LogP contribution in [0.15, 0.2) is 82.3 Å². The van der Waals surface area contributed by atoms with Crippen LogP contribution in [0.25, 0.3) is 0 Å². The summed E-state index contributed by atoms with van der Waals surface area (Å²) in [5, 5.41) is 2.82. The third-order valence-corrected chi connectivity index (χ3v) is 5.28. The van der Waals surface area contributed by atoms with Crippen molar-refractivity contribution in [3.05, 3.63) is 84.3 Å². The average molecular weight is 394 g/mol. The molecule has 0 saturated carbocycles. The third-order valence-electron chi connectivity index (χ3n) is 4.12. The number of hydrogen-bond donors (Lipinski definition) is 1. The van der Waals surface area contributed by atoms with E-state index in [1.165, 1.54) is 16.7 Å². The van der Waals surface area contributed by atoms with E-state index in [0.29, 0.717) is 11.4 Å². The molecule has 6 heteroatoms. The number of thioether (sulfide) groups is 1. The Morgan fingerprint density at radius 2 is 1.75 bits per heavy atom. The van der Waals surface area contributed by atoms with Crippen LogP contribution in [-0.4, -0.2) is 29.0 Å². The van der Waals surface area contributed by atoms with E-state index in [-0.39, 0.29) is 30.7 Å². The van der Waals surface area contributed by atoms with Crippen molar-refractivity contribution in [2.24, 2.45) is 0 Å².